The Hall–Kier alpha value is -0.990. The van der Waals surface area contributed by atoms with Gasteiger partial charge in [-0.15, -0.1) is 0 Å². The fourth-order valence-corrected chi connectivity index (χ4v) is 3.47. The highest BCUT2D eigenvalue weighted by Crippen LogP contribution is 2.36. The molecule has 1 aliphatic rings. The first-order valence-corrected chi connectivity index (χ1v) is 7.66. The van der Waals surface area contributed by atoms with Gasteiger partial charge in [-0.2, -0.15) is 25.9 Å². The van der Waals surface area contributed by atoms with E-state index < -0.39 is 27.0 Å². The molecule has 0 saturated carbocycles. The molecule has 1 fully saturated rings. The zero-order valence-electron chi connectivity index (χ0n) is 10.2. The number of hydrogen-bond acceptors (Lipinski definition) is 2. The van der Waals surface area contributed by atoms with Crippen LogP contribution in [0, 0.1) is 0 Å². The third kappa shape index (κ3) is 3.36. The van der Waals surface area contributed by atoms with Crippen molar-refractivity contribution in [3.05, 3.63) is 28.8 Å². The van der Waals surface area contributed by atoms with Crippen molar-refractivity contribution >= 4 is 27.5 Å². The molecule has 0 aliphatic carbocycles. The van der Waals surface area contributed by atoms with Crippen LogP contribution < -0.4 is 4.72 Å². The second kappa shape index (κ2) is 5.42. The van der Waals surface area contributed by atoms with Crippen molar-refractivity contribution in [1.29, 1.82) is 0 Å². The molecule has 1 aromatic rings. The van der Waals surface area contributed by atoms with E-state index >= 15 is 0 Å². The van der Waals surface area contributed by atoms with E-state index in [0.29, 0.717) is 19.2 Å². The van der Waals surface area contributed by atoms with Crippen LogP contribution in [0.25, 0.3) is 0 Å². The van der Waals surface area contributed by atoms with Gasteiger partial charge < -0.3 is 0 Å². The molecule has 20 heavy (non-hydrogen) atoms. The fraction of sp³-hybridized carbons (Fsp3) is 0.455. The average molecular weight is 329 g/mol. The Labute approximate surface area is 119 Å². The molecular formula is C11H12ClF3N2O2S. The lowest BCUT2D eigenvalue weighted by Crippen LogP contribution is -2.33. The molecule has 0 unspecified atom stereocenters. The van der Waals surface area contributed by atoms with Crippen LogP contribution in [0.1, 0.15) is 18.4 Å². The highest BCUT2D eigenvalue weighted by Gasteiger charge is 2.34. The van der Waals surface area contributed by atoms with Crippen LogP contribution in [0.2, 0.25) is 5.02 Å². The summed E-state index contributed by atoms with van der Waals surface area (Å²) in [5.74, 6) is 0. The molecule has 0 amide bonds. The van der Waals surface area contributed by atoms with Gasteiger partial charge in [0.1, 0.15) is 0 Å². The van der Waals surface area contributed by atoms with Crippen molar-refractivity contribution in [3.8, 4) is 0 Å². The lowest BCUT2D eigenvalue weighted by molar-refractivity contribution is -0.137. The molecule has 1 N–H and O–H groups in total. The molecular weight excluding hydrogens is 317 g/mol. The largest absolute Gasteiger partial charge is 0.417 e. The van der Waals surface area contributed by atoms with Gasteiger partial charge in [0.2, 0.25) is 0 Å². The van der Waals surface area contributed by atoms with Crippen LogP contribution >= 0.6 is 11.6 Å². The van der Waals surface area contributed by atoms with E-state index in [2.05, 4.69) is 4.72 Å². The predicted octanol–water partition coefficient (Wildman–Crippen LogP) is 3.11. The minimum absolute atomic E-state index is 0.159. The summed E-state index contributed by atoms with van der Waals surface area (Å²) in [5, 5.41) is -0.471. The van der Waals surface area contributed by atoms with Gasteiger partial charge in [-0.1, -0.05) is 11.6 Å². The molecule has 9 heteroatoms. The Morgan fingerprint density at radius 3 is 2.35 bits per heavy atom. The Bertz CT molecular complexity index is 598. The molecule has 1 aliphatic heterocycles. The SMILES string of the molecule is O=S(=O)(Nc1ccc(Cl)c(C(F)(F)F)c1)N1CCCC1. The second-order valence-electron chi connectivity index (χ2n) is 4.41. The normalized spacial score (nSPS) is 17.4. The van der Waals surface area contributed by atoms with Crippen molar-refractivity contribution in [2.45, 2.75) is 19.0 Å². The molecule has 1 saturated heterocycles. The van der Waals surface area contributed by atoms with E-state index in [-0.39, 0.29) is 5.69 Å². The zero-order chi connectivity index (χ0) is 15.0. The Morgan fingerprint density at radius 1 is 1.20 bits per heavy atom. The molecule has 112 valence electrons. The van der Waals surface area contributed by atoms with Gasteiger partial charge in [0.05, 0.1) is 16.3 Å². The minimum atomic E-state index is -4.63. The molecule has 1 heterocycles. The average Bonchev–Trinajstić information content (AvgIpc) is 2.84. The Balaban J connectivity index is 2.26. The summed E-state index contributed by atoms with van der Waals surface area (Å²) in [4.78, 5) is 0. The highest BCUT2D eigenvalue weighted by atomic mass is 35.5. The van der Waals surface area contributed by atoms with Crippen molar-refractivity contribution in [2.75, 3.05) is 17.8 Å². The summed E-state index contributed by atoms with van der Waals surface area (Å²) in [6.45, 7) is 0.740. The van der Waals surface area contributed by atoms with Crippen molar-refractivity contribution in [1.82, 2.24) is 4.31 Å². The highest BCUT2D eigenvalue weighted by molar-refractivity contribution is 7.90. The minimum Gasteiger partial charge on any atom is -0.271 e. The molecule has 0 bridgehead atoms. The van der Waals surface area contributed by atoms with Crippen LogP contribution in [0.15, 0.2) is 18.2 Å². The van der Waals surface area contributed by atoms with E-state index in [1.165, 1.54) is 10.4 Å². The van der Waals surface area contributed by atoms with E-state index in [4.69, 9.17) is 11.6 Å². The van der Waals surface area contributed by atoms with E-state index in [9.17, 15) is 21.6 Å². The van der Waals surface area contributed by atoms with Crippen molar-refractivity contribution in [2.24, 2.45) is 0 Å². The summed E-state index contributed by atoms with van der Waals surface area (Å²) in [6.07, 6.45) is -3.14. The Kier molecular flexibility index (Phi) is 4.17. The lowest BCUT2D eigenvalue weighted by atomic mass is 10.2. The number of hydrogen-bond donors (Lipinski definition) is 1. The van der Waals surface area contributed by atoms with Gasteiger partial charge in [0.15, 0.2) is 0 Å². The number of halogens is 4. The summed E-state index contributed by atoms with van der Waals surface area (Å²) in [5.41, 5.74) is -1.23. The topological polar surface area (TPSA) is 49.4 Å². The number of anilines is 1. The zero-order valence-corrected chi connectivity index (χ0v) is 11.8. The van der Waals surface area contributed by atoms with Gasteiger partial charge in [0, 0.05) is 13.1 Å². The summed E-state index contributed by atoms with van der Waals surface area (Å²) in [7, 11) is -3.82. The van der Waals surface area contributed by atoms with E-state index in [1.54, 1.807) is 0 Å². The van der Waals surface area contributed by atoms with E-state index in [0.717, 1.165) is 18.9 Å². The molecule has 1 aromatic carbocycles. The molecule has 2 rings (SSSR count). The van der Waals surface area contributed by atoms with Gasteiger partial charge in [-0.25, -0.2) is 0 Å². The van der Waals surface area contributed by atoms with Gasteiger partial charge in [0.25, 0.3) is 0 Å². The third-order valence-electron chi connectivity index (χ3n) is 2.92. The quantitative estimate of drug-likeness (QED) is 0.927. The van der Waals surface area contributed by atoms with Crippen LogP contribution in [-0.4, -0.2) is 25.8 Å². The standard InChI is InChI=1S/C11H12ClF3N2O2S/c12-10-4-3-8(7-9(10)11(13,14)15)16-20(18,19)17-5-1-2-6-17/h3-4,7,16H,1-2,5-6H2. The second-order valence-corrected chi connectivity index (χ2v) is 6.48. The lowest BCUT2D eigenvalue weighted by Gasteiger charge is -2.18. The predicted molar refractivity (Wildman–Crippen MR) is 69.8 cm³/mol. The maximum Gasteiger partial charge on any atom is 0.417 e. The van der Waals surface area contributed by atoms with Gasteiger partial charge in [-0.3, -0.25) is 4.72 Å². The maximum atomic E-state index is 12.7. The van der Waals surface area contributed by atoms with Crippen LogP contribution in [0.5, 0.6) is 0 Å². The van der Waals surface area contributed by atoms with Crippen LogP contribution in [0.4, 0.5) is 18.9 Å². The summed E-state index contributed by atoms with van der Waals surface area (Å²) < 4.78 is 65.3. The van der Waals surface area contributed by atoms with Crippen molar-refractivity contribution < 1.29 is 21.6 Å². The smallest absolute Gasteiger partial charge is 0.271 e. The molecule has 0 atom stereocenters. The first-order chi connectivity index (χ1) is 9.20. The van der Waals surface area contributed by atoms with Crippen molar-refractivity contribution in [3.63, 3.8) is 0 Å². The van der Waals surface area contributed by atoms with Gasteiger partial charge >= 0.3 is 16.4 Å². The monoisotopic (exact) mass is 328 g/mol. The maximum absolute atomic E-state index is 12.7. The summed E-state index contributed by atoms with van der Waals surface area (Å²) in [6, 6.07) is 2.91. The molecule has 0 radical (unpaired) electrons. The first kappa shape index (κ1) is 15.4. The van der Waals surface area contributed by atoms with Crippen LogP contribution in [-0.2, 0) is 16.4 Å². The number of alkyl halides is 3. The van der Waals surface area contributed by atoms with Gasteiger partial charge in [-0.05, 0) is 31.0 Å². The first-order valence-electron chi connectivity index (χ1n) is 5.85. The Morgan fingerprint density at radius 2 is 1.80 bits per heavy atom. The molecule has 0 spiro atoms. The fourth-order valence-electron chi connectivity index (χ4n) is 1.95. The van der Waals surface area contributed by atoms with E-state index in [1.807, 2.05) is 0 Å². The summed E-state index contributed by atoms with van der Waals surface area (Å²) >= 11 is 5.47. The number of nitrogens with one attached hydrogen (secondary N) is 1. The number of benzene rings is 1. The molecule has 0 aromatic heterocycles. The molecule has 4 nitrogen and oxygen atoms in total. The number of nitrogens with zero attached hydrogens (tertiary/aromatic N) is 1. The van der Waals surface area contributed by atoms with Crippen LogP contribution in [0.3, 0.4) is 0 Å². The third-order valence-corrected chi connectivity index (χ3v) is 4.79. The number of rotatable bonds is 3.